The summed E-state index contributed by atoms with van der Waals surface area (Å²) >= 11 is 0. The van der Waals surface area contributed by atoms with Gasteiger partial charge < -0.3 is 5.32 Å². The zero-order valence-electron chi connectivity index (χ0n) is 12.7. The Kier molecular flexibility index (Phi) is 5.02. The van der Waals surface area contributed by atoms with Crippen molar-refractivity contribution in [3.05, 3.63) is 53.8 Å². The number of rotatable bonds is 4. The van der Waals surface area contributed by atoms with Crippen LogP contribution >= 0.6 is 0 Å². The lowest BCUT2D eigenvalue weighted by atomic mass is 10.2. The summed E-state index contributed by atoms with van der Waals surface area (Å²) in [6.07, 6.45) is -5.03. The van der Waals surface area contributed by atoms with Crippen molar-refractivity contribution in [2.75, 3.05) is 10.0 Å². The predicted molar refractivity (Wildman–Crippen MR) is 83.1 cm³/mol. The molecule has 0 spiro atoms. The molecule has 0 fully saturated rings. The highest BCUT2D eigenvalue weighted by Crippen LogP contribution is 2.22. The summed E-state index contributed by atoms with van der Waals surface area (Å²) in [5.41, 5.74) is 0.0583. The first kappa shape index (κ1) is 18.7. The van der Waals surface area contributed by atoms with Crippen LogP contribution in [0.4, 0.5) is 28.9 Å². The molecule has 2 N–H and O–H groups in total. The van der Waals surface area contributed by atoms with Gasteiger partial charge >= 0.3 is 12.1 Å². The molecular formula is C15H12F4N2O3S. The molecule has 134 valence electrons. The third-order valence-corrected chi connectivity index (χ3v) is 4.47. The monoisotopic (exact) mass is 376 g/mol. The largest absolute Gasteiger partial charge is 0.471 e. The van der Waals surface area contributed by atoms with Crippen LogP contribution in [0.1, 0.15) is 5.56 Å². The summed E-state index contributed by atoms with van der Waals surface area (Å²) in [6, 6.07) is 7.83. The first-order chi connectivity index (χ1) is 11.5. The van der Waals surface area contributed by atoms with E-state index in [-0.39, 0.29) is 21.8 Å². The lowest BCUT2D eigenvalue weighted by Crippen LogP contribution is -2.29. The topological polar surface area (TPSA) is 75.3 Å². The molecule has 2 aromatic carbocycles. The molecule has 10 heteroatoms. The minimum Gasteiger partial charge on any atom is -0.318 e. The van der Waals surface area contributed by atoms with Gasteiger partial charge in [0.25, 0.3) is 10.0 Å². The van der Waals surface area contributed by atoms with Crippen LogP contribution in [-0.2, 0) is 14.8 Å². The Labute approximate surface area is 140 Å². The van der Waals surface area contributed by atoms with Crippen LogP contribution < -0.4 is 10.0 Å². The second kappa shape index (κ2) is 6.71. The van der Waals surface area contributed by atoms with Crippen molar-refractivity contribution in [1.29, 1.82) is 0 Å². The van der Waals surface area contributed by atoms with E-state index in [2.05, 4.69) is 4.72 Å². The molecule has 0 heterocycles. The Morgan fingerprint density at radius 2 is 1.56 bits per heavy atom. The normalized spacial score (nSPS) is 11.9. The third-order valence-electron chi connectivity index (χ3n) is 3.09. The minimum atomic E-state index is -5.03. The van der Waals surface area contributed by atoms with E-state index in [1.54, 1.807) is 5.32 Å². The first-order valence-corrected chi connectivity index (χ1v) is 8.24. The molecule has 2 rings (SSSR count). The second-order valence-electron chi connectivity index (χ2n) is 5.05. The van der Waals surface area contributed by atoms with Crippen molar-refractivity contribution in [2.24, 2.45) is 0 Å². The van der Waals surface area contributed by atoms with E-state index < -0.39 is 27.9 Å². The molecule has 0 aromatic heterocycles. The van der Waals surface area contributed by atoms with Crippen LogP contribution in [0.2, 0.25) is 0 Å². The number of nitrogens with one attached hydrogen (secondary N) is 2. The van der Waals surface area contributed by atoms with Gasteiger partial charge in [-0.3, -0.25) is 9.52 Å². The van der Waals surface area contributed by atoms with Gasteiger partial charge in [0, 0.05) is 11.4 Å². The Balaban J connectivity index is 2.15. The SMILES string of the molecule is Cc1cc(S(=O)(=O)Nc2ccc(NC(=O)C(F)(F)F)cc2)ccc1F. The number of carbonyl (C=O) groups excluding carboxylic acids is 1. The van der Waals surface area contributed by atoms with Crippen molar-refractivity contribution in [3.8, 4) is 0 Å². The number of carbonyl (C=O) groups is 1. The maximum atomic E-state index is 13.2. The summed E-state index contributed by atoms with van der Waals surface area (Å²) in [6.45, 7) is 1.41. The number of sulfonamides is 1. The predicted octanol–water partition coefficient (Wildman–Crippen LogP) is 3.44. The van der Waals surface area contributed by atoms with Crippen LogP contribution in [0.25, 0.3) is 0 Å². The van der Waals surface area contributed by atoms with E-state index in [1.807, 2.05) is 0 Å². The summed E-state index contributed by atoms with van der Waals surface area (Å²) in [7, 11) is -4.00. The molecule has 5 nitrogen and oxygen atoms in total. The maximum absolute atomic E-state index is 13.2. The van der Waals surface area contributed by atoms with Gasteiger partial charge in [-0.05, 0) is 55.0 Å². The van der Waals surface area contributed by atoms with Gasteiger partial charge in [-0.2, -0.15) is 13.2 Å². The molecule has 0 radical (unpaired) electrons. The van der Waals surface area contributed by atoms with Crippen molar-refractivity contribution in [1.82, 2.24) is 0 Å². The van der Waals surface area contributed by atoms with Crippen LogP contribution in [0, 0.1) is 12.7 Å². The molecule has 25 heavy (non-hydrogen) atoms. The van der Waals surface area contributed by atoms with E-state index in [9.17, 15) is 30.8 Å². The lowest BCUT2D eigenvalue weighted by Gasteiger charge is -2.11. The van der Waals surface area contributed by atoms with Gasteiger partial charge in [0.05, 0.1) is 4.90 Å². The standard InChI is InChI=1S/C15H12F4N2O3S/c1-9-8-12(6-7-13(9)16)25(23,24)21-11-4-2-10(3-5-11)20-14(22)15(17,18)19/h2-8,21H,1H3,(H,20,22). The lowest BCUT2D eigenvalue weighted by molar-refractivity contribution is -0.167. The number of amides is 1. The van der Waals surface area contributed by atoms with Gasteiger partial charge in [0.1, 0.15) is 5.82 Å². The number of hydrogen-bond acceptors (Lipinski definition) is 3. The number of hydrogen-bond donors (Lipinski definition) is 2. The van der Waals surface area contributed by atoms with Crippen LogP contribution in [0.15, 0.2) is 47.4 Å². The molecule has 0 aliphatic carbocycles. The molecule has 0 saturated heterocycles. The summed E-state index contributed by atoms with van der Waals surface area (Å²) in [5, 5.41) is 1.63. The molecular weight excluding hydrogens is 364 g/mol. The van der Waals surface area contributed by atoms with E-state index in [1.165, 1.54) is 19.1 Å². The third kappa shape index (κ3) is 4.69. The number of alkyl halides is 3. The van der Waals surface area contributed by atoms with E-state index in [0.717, 1.165) is 30.3 Å². The number of anilines is 2. The smallest absolute Gasteiger partial charge is 0.318 e. The Bertz CT molecular complexity index is 894. The van der Waals surface area contributed by atoms with E-state index in [4.69, 9.17) is 0 Å². The first-order valence-electron chi connectivity index (χ1n) is 6.76. The summed E-state index contributed by atoms with van der Waals surface area (Å²) in [4.78, 5) is 10.6. The fourth-order valence-corrected chi connectivity index (χ4v) is 2.97. The summed E-state index contributed by atoms with van der Waals surface area (Å²) < 4.78 is 76.3. The fourth-order valence-electron chi connectivity index (χ4n) is 1.82. The summed E-state index contributed by atoms with van der Waals surface area (Å²) in [5.74, 6) is -2.69. The Morgan fingerprint density at radius 1 is 1.00 bits per heavy atom. The number of aryl methyl sites for hydroxylation is 1. The fraction of sp³-hybridized carbons (Fsp3) is 0.133. The van der Waals surface area contributed by atoms with Crippen LogP contribution in [-0.4, -0.2) is 20.5 Å². The quantitative estimate of drug-likeness (QED) is 0.803. The average molecular weight is 376 g/mol. The second-order valence-corrected chi connectivity index (χ2v) is 6.73. The van der Waals surface area contributed by atoms with Crippen molar-refractivity contribution < 1.29 is 30.8 Å². The molecule has 0 aliphatic heterocycles. The van der Waals surface area contributed by atoms with Gasteiger partial charge in [-0.25, -0.2) is 12.8 Å². The molecule has 0 saturated carbocycles. The molecule has 0 bridgehead atoms. The van der Waals surface area contributed by atoms with Gasteiger partial charge in [0.2, 0.25) is 0 Å². The van der Waals surface area contributed by atoms with Gasteiger partial charge in [-0.1, -0.05) is 0 Å². The zero-order chi connectivity index (χ0) is 18.8. The average Bonchev–Trinajstić information content (AvgIpc) is 2.50. The van der Waals surface area contributed by atoms with Crippen LogP contribution in [0.5, 0.6) is 0 Å². The molecule has 1 amide bonds. The van der Waals surface area contributed by atoms with Gasteiger partial charge in [0.15, 0.2) is 0 Å². The van der Waals surface area contributed by atoms with Crippen molar-refractivity contribution in [2.45, 2.75) is 18.0 Å². The zero-order valence-corrected chi connectivity index (χ0v) is 13.5. The van der Waals surface area contributed by atoms with Crippen molar-refractivity contribution in [3.63, 3.8) is 0 Å². The Hall–Kier alpha value is -2.62. The molecule has 2 aromatic rings. The molecule has 0 unspecified atom stereocenters. The van der Waals surface area contributed by atoms with Crippen molar-refractivity contribution >= 4 is 27.3 Å². The molecule has 0 atom stereocenters. The highest BCUT2D eigenvalue weighted by Gasteiger charge is 2.38. The van der Waals surface area contributed by atoms with Crippen LogP contribution in [0.3, 0.4) is 0 Å². The number of benzene rings is 2. The Morgan fingerprint density at radius 3 is 2.08 bits per heavy atom. The number of halogens is 4. The highest BCUT2D eigenvalue weighted by atomic mass is 32.2. The molecule has 0 aliphatic rings. The highest BCUT2D eigenvalue weighted by molar-refractivity contribution is 7.92. The van der Waals surface area contributed by atoms with E-state index in [0.29, 0.717) is 0 Å². The minimum absolute atomic E-state index is 0.0620. The van der Waals surface area contributed by atoms with E-state index >= 15 is 0 Å². The van der Waals surface area contributed by atoms with Gasteiger partial charge in [-0.15, -0.1) is 0 Å². The maximum Gasteiger partial charge on any atom is 0.471 e.